The number of aliphatic hydroxyl groups excluding tert-OH is 1. The summed E-state index contributed by atoms with van der Waals surface area (Å²) in [7, 11) is 0. The van der Waals surface area contributed by atoms with Gasteiger partial charge in [-0.15, -0.1) is 0 Å². The van der Waals surface area contributed by atoms with E-state index in [1.807, 2.05) is 13.8 Å². The third-order valence-corrected chi connectivity index (χ3v) is 2.32. The van der Waals surface area contributed by atoms with Crippen molar-refractivity contribution in [2.75, 3.05) is 6.61 Å². The van der Waals surface area contributed by atoms with Crippen molar-refractivity contribution in [2.24, 2.45) is 5.92 Å². The number of hydrogen-bond acceptors (Lipinski definition) is 3. The standard InChI is InChI=1S/C12H17FN2O2/c1-8(2)6-9(7-16)15-12(17)10-4-3-5-14-11(10)13/h3-5,8-9,16H,6-7H2,1-2H3,(H,15,17). The first-order valence-electron chi connectivity index (χ1n) is 5.56. The molecule has 0 saturated heterocycles. The number of carbonyl (C=O) groups is 1. The van der Waals surface area contributed by atoms with Crippen LogP contribution in [0.1, 0.15) is 30.6 Å². The number of aliphatic hydroxyl groups is 1. The molecule has 0 fully saturated rings. The van der Waals surface area contributed by atoms with Crippen molar-refractivity contribution in [1.82, 2.24) is 10.3 Å². The van der Waals surface area contributed by atoms with E-state index in [-0.39, 0.29) is 18.2 Å². The molecule has 1 heterocycles. The zero-order valence-electron chi connectivity index (χ0n) is 9.98. The summed E-state index contributed by atoms with van der Waals surface area (Å²) in [6, 6.07) is 2.50. The Hall–Kier alpha value is -1.49. The number of nitrogens with one attached hydrogen (secondary N) is 1. The van der Waals surface area contributed by atoms with Gasteiger partial charge in [-0.25, -0.2) is 4.98 Å². The smallest absolute Gasteiger partial charge is 0.256 e. The molecular weight excluding hydrogens is 223 g/mol. The third-order valence-electron chi connectivity index (χ3n) is 2.32. The minimum atomic E-state index is -0.800. The van der Waals surface area contributed by atoms with Crippen LogP contribution in [0.3, 0.4) is 0 Å². The van der Waals surface area contributed by atoms with Crippen LogP contribution in [0, 0.1) is 11.9 Å². The second-order valence-electron chi connectivity index (χ2n) is 4.32. The van der Waals surface area contributed by atoms with E-state index in [1.54, 1.807) is 0 Å². The number of aromatic nitrogens is 1. The second kappa shape index (κ2) is 6.30. The largest absolute Gasteiger partial charge is 0.394 e. The maximum atomic E-state index is 13.2. The van der Waals surface area contributed by atoms with Crippen LogP contribution >= 0.6 is 0 Å². The van der Waals surface area contributed by atoms with Crippen molar-refractivity contribution < 1.29 is 14.3 Å². The molecule has 0 aliphatic heterocycles. The van der Waals surface area contributed by atoms with Crippen molar-refractivity contribution in [3.63, 3.8) is 0 Å². The summed E-state index contributed by atoms with van der Waals surface area (Å²) >= 11 is 0. The van der Waals surface area contributed by atoms with E-state index in [9.17, 15) is 9.18 Å². The van der Waals surface area contributed by atoms with Gasteiger partial charge in [0.1, 0.15) is 0 Å². The maximum absolute atomic E-state index is 13.2. The summed E-state index contributed by atoms with van der Waals surface area (Å²) in [5, 5.41) is 11.7. The number of pyridine rings is 1. The van der Waals surface area contributed by atoms with Gasteiger partial charge >= 0.3 is 0 Å². The Morgan fingerprint density at radius 1 is 1.59 bits per heavy atom. The second-order valence-corrected chi connectivity index (χ2v) is 4.32. The molecule has 1 aromatic heterocycles. The Kier molecular flexibility index (Phi) is 5.03. The van der Waals surface area contributed by atoms with Crippen LogP contribution in [0.15, 0.2) is 18.3 Å². The summed E-state index contributed by atoms with van der Waals surface area (Å²) in [6.45, 7) is 3.81. The van der Waals surface area contributed by atoms with Crippen LogP contribution in [-0.2, 0) is 0 Å². The first kappa shape index (κ1) is 13.6. The van der Waals surface area contributed by atoms with Crippen molar-refractivity contribution >= 4 is 5.91 Å². The number of hydrogen-bond donors (Lipinski definition) is 2. The lowest BCUT2D eigenvalue weighted by atomic mass is 10.0. The van der Waals surface area contributed by atoms with Crippen LogP contribution in [0.2, 0.25) is 0 Å². The maximum Gasteiger partial charge on any atom is 0.256 e. The molecule has 94 valence electrons. The van der Waals surface area contributed by atoms with Gasteiger partial charge in [0.05, 0.1) is 18.2 Å². The molecule has 1 amide bonds. The van der Waals surface area contributed by atoms with Crippen LogP contribution in [0.5, 0.6) is 0 Å². The Morgan fingerprint density at radius 2 is 2.29 bits per heavy atom. The van der Waals surface area contributed by atoms with E-state index >= 15 is 0 Å². The van der Waals surface area contributed by atoms with Crippen LogP contribution in [0.25, 0.3) is 0 Å². The highest BCUT2D eigenvalue weighted by molar-refractivity contribution is 5.94. The highest BCUT2D eigenvalue weighted by Gasteiger charge is 2.17. The van der Waals surface area contributed by atoms with Gasteiger partial charge in [0.15, 0.2) is 0 Å². The van der Waals surface area contributed by atoms with E-state index in [0.29, 0.717) is 12.3 Å². The van der Waals surface area contributed by atoms with Gasteiger partial charge in [0.2, 0.25) is 5.95 Å². The minimum absolute atomic E-state index is 0.102. The summed E-state index contributed by atoms with van der Waals surface area (Å²) in [5.74, 6) is -1.01. The molecule has 1 aromatic rings. The van der Waals surface area contributed by atoms with Gasteiger partial charge in [0.25, 0.3) is 5.91 Å². The first-order chi connectivity index (χ1) is 8.04. The summed E-state index contributed by atoms with van der Waals surface area (Å²) in [4.78, 5) is 15.1. The van der Waals surface area contributed by atoms with Gasteiger partial charge < -0.3 is 10.4 Å². The fraction of sp³-hybridized carbons (Fsp3) is 0.500. The molecule has 0 aromatic carbocycles. The fourth-order valence-corrected chi connectivity index (χ4v) is 1.57. The molecule has 0 saturated carbocycles. The lowest BCUT2D eigenvalue weighted by Crippen LogP contribution is -2.38. The zero-order chi connectivity index (χ0) is 12.8. The van der Waals surface area contributed by atoms with Gasteiger partial charge in [0, 0.05) is 6.20 Å². The Morgan fingerprint density at radius 3 is 2.82 bits per heavy atom. The molecule has 0 aliphatic carbocycles. The highest BCUT2D eigenvalue weighted by Crippen LogP contribution is 2.07. The lowest BCUT2D eigenvalue weighted by molar-refractivity contribution is 0.0903. The molecule has 0 radical (unpaired) electrons. The average molecular weight is 240 g/mol. The van der Waals surface area contributed by atoms with Crippen LogP contribution in [0.4, 0.5) is 4.39 Å². The minimum Gasteiger partial charge on any atom is -0.394 e. The molecule has 0 spiro atoms. The molecule has 1 rings (SSSR count). The van der Waals surface area contributed by atoms with E-state index in [4.69, 9.17) is 5.11 Å². The fourth-order valence-electron chi connectivity index (χ4n) is 1.57. The first-order valence-corrected chi connectivity index (χ1v) is 5.56. The highest BCUT2D eigenvalue weighted by atomic mass is 19.1. The van der Waals surface area contributed by atoms with Gasteiger partial charge in [-0.2, -0.15) is 4.39 Å². The van der Waals surface area contributed by atoms with Crippen molar-refractivity contribution in [2.45, 2.75) is 26.3 Å². The average Bonchev–Trinajstić information content (AvgIpc) is 2.27. The summed E-state index contributed by atoms with van der Waals surface area (Å²) in [6.07, 6.45) is 1.92. The van der Waals surface area contributed by atoms with Gasteiger partial charge in [-0.3, -0.25) is 4.79 Å². The van der Waals surface area contributed by atoms with E-state index in [1.165, 1.54) is 18.3 Å². The molecule has 1 unspecified atom stereocenters. The molecule has 5 heteroatoms. The number of halogens is 1. The number of rotatable bonds is 5. The Balaban J connectivity index is 2.68. The quantitative estimate of drug-likeness (QED) is 0.764. The predicted octanol–water partition coefficient (Wildman–Crippen LogP) is 1.36. The molecule has 1 atom stereocenters. The van der Waals surface area contributed by atoms with Gasteiger partial charge in [-0.1, -0.05) is 13.8 Å². The molecule has 0 bridgehead atoms. The van der Waals surface area contributed by atoms with E-state index in [2.05, 4.69) is 10.3 Å². The van der Waals surface area contributed by atoms with Gasteiger partial charge in [-0.05, 0) is 24.5 Å². The van der Waals surface area contributed by atoms with E-state index in [0.717, 1.165) is 0 Å². The van der Waals surface area contributed by atoms with Crippen molar-refractivity contribution in [3.05, 3.63) is 29.8 Å². The number of carbonyl (C=O) groups excluding carboxylic acids is 1. The van der Waals surface area contributed by atoms with Crippen molar-refractivity contribution in [1.29, 1.82) is 0 Å². The van der Waals surface area contributed by atoms with Crippen LogP contribution < -0.4 is 5.32 Å². The third kappa shape index (κ3) is 4.11. The lowest BCUT2D eigenvalue weighted by Gasteiger charge is -2.18. The zero-order valence-corrected chi connectivity index (χ0v) is 9.98. The van der Waals surface area contributed by atoms with Crippen molar-refractivity contribution in [3.8, 4) is 0 Å². The Labute approximate surface area is 99.9 Å². The Bertz CT molecular complexity index is 383. The SMILES string of the molecule is CC(C)CC(CO)NC(=O)c1cccnc1F. The number of amides is 1. The molecular formula is C12H17FN2O2. The molecule has 4 nitrogen and oxygen atoms in total. The predicted molar refractivity (Wildman–Crippen MR) is 62.0 cm³/mol. The summed E-state index contributed by atoms with van der Waals surface area (Å²) < 4.78 is 13.2. The monoisotopic (exact) mass is 240 g/mol. The summed E-state index contributed by atoms with van der Waals surface area (Å²) in [5.41, 5.74) is -0.102. The normalized spacial score (nSPS) is 12.5. The topological polar surface area (TPSA) is 62.2 Å². The number of nitrogens with zero attached hydrogens (tertiary/aromatic N) is 1. The van der Waals surface area contributed by atoms with E-state index < -0.39 is 11.9 Å². The molecule has 0 aliphatic rings. The van der Waals surface area contributed by atoms with Crippen LogP contribution in [-0.4, -0.2) is 28.6 Å². The molecule has 2 N–H and O–H groups in total. The molecule has 17 heavy (non-hydrogen) atoms.